The minimum Gasteiger partial charge on any atom is -0.465 e. The number of aryl methyl sites for hydroxylation is 1. The van der Waals surface area contributed by atoms with Gasteiger partial charge in [0.1, 0.15) is 0 Å². The number of rotatable bonds is 1. The van der Waals surface area contributed by atoms with Crippen LogP contribution in [0.4, 0.5) is 0 Å². The zero-order chi connectivity index (χ0) is 11.7. The van der Waals surface area contributed by atoms with E-state index in [1.165, 1.54) is 13.2 Å². The molecule has 4 heteroatoms. The minimum atomic E-state index is -0.413. The topological polar surface area (TPSA) is 59.2 Å². The van der Waals surface area contributed by atoms with Crippen LogP contribution < -0.4 is 5.56 Å². The number of esters is 1. The van der Waals surface area contributed by atoms with Gasteiger partial charge in [-0.25, -0.2) is 4.79 Å². The van der Waals surface area contributed by atoms with Crippen molar-refractivity contribution in [1.29, 1.82) is 0 Å². The lowest BCUT2D eigenvalue weighted by molar-refractivity contribution is 0.0601. The molecule has 1 heterocycles. The third kappa shape index (κ3) is 1.69. The molecule has 0 bridgehead atoms. The highest BCUT2D eigenvalue weighted by molar-refractivity contribution is 5.94. The summed E-state index contributed by atoms with van der Waals surface area (Å²) in [6.45, 7) is 1.86. The number of H-pyrrole nitrogens is 1. The predicted molar refractivity (Wildman–Crippen MR) is 60.6 cm³/mol. The second-order valence-corrected chi connectivity index (χ2v) is 3.57. The van der Waals surface area contributed by atoms with Crippen LogP contribution in [0.2, 0.25) is 0 Å². The van der Waals surface area contributed by atoms with Crippen molar-refractivity contribution in [2.75, 3.05) is 7.11 Å². The Hall–Kier alpha value is -2.10. The summed E-state index contributed by atoms with van der Waals surface area (Å²) in [4.78, 5) is 25.3. The molecule has 0 amide bonds. The standard InChI is InChI=1S/C12H11NO3/c1-7-5-11(14)13-10-6-8(12(15)16-2)3-4-9(7)10/h3-6H,1-2H3,(H,13,14). The van der Waals surface area contributed by atoms with Crippen molar-refractivity contribution >= 4 is 16.9 Å². The molecule has 1 aromatic heterocycles. The number of carbonyl (C=O) groups excluding carboxylic acids is 1. The number of aromatic nitrogens is 1. The molecule has 1 aromatic carbocycles. The Morgan fingerprint density at radius 3 is 2.75 bits per heavy atom. The van der Waals surface area contributed by atoms with Crippen LogP contribution in [0, 0.1) is 6.92 Å². The van der Waals surface area contributed by atoms with Crippen molar-refractivity contribution in [1.82, 2.24) is 4.98 Å². The molecule has 0 atom stereocenters. The van der Waals surface area contributed by atoms with Crippen molar-refractivity contribution < 1.29 is 9.53 Å². The highest BCUT2D eigenvalue weighted by Crippen LogP contribution is 2.16. The van der Waals surface area contributed by atoms with E-state index in [1.54, 1.807) is 18.2 Å². The summed E-state index contributed by atoms with van der Waals surface area (Å²) in [7, 11) is 1.32. The Morgan fingerprint density at radius 2 is 2.06 bits per heavy atom. The molecule has 2 aromatic rings. The summed E-state index contributed by atoms with van der Waals surface area (Å²) in [6.07, 6.45) is 0. The second kappa shape index (κ2) is 3.81. The van der Waals surface area contributed by atoms with E-state index in [1.807, 2.05) is 6.92 Å². The first-order valence-electron chi connectivity index (χ1n) is 4.84. The first kappa shape index (κ1) is 10.4. The van der Waals surface area contributed by atoms with Gasteiger partial charge in [-0.3, -0.25) is 4.79 Å². The van der Waals surface area contributed by atoms with E-state index in [0.717, 1.165) is 10.9 Å². The van der Waals surface area contributed by atoms with Crippen molar-refractivity contribution in [2.24, 2.45) is 0 Å². The van der Waals surface area contributed by atoms with Crippen molar-refractivity contribution in [3.63, 3.8) is 0 Å². The molecule has 0 aliphatic carbocycles. The number of carbonyl (C=O) groups is 1. The molecule has 0 aliphatic rings. The van der Waals surface area contributed by atoms with Crippen LogP contribution in [0.1, 0.15) is 15.9 Å². The summed E-state index contributed by atoms with van der Waals surface area (Å²) in [6, 6.07) is 6.63. The van der Waals surface area contributed by atoms with Gasteiger partial charge in [-0.15, -0.1) is 0 Å². The summed E-state index contributed by atoms with van der Waals surface area (Å²) in [5.41, 5.74) is 1.78. The zero-order valence-corrected chi connectivity index (χ0v) is 9.03. The van der Waals surface area contributed by atoms with Gasteiger partial charge < -0.3 is 9.72 Å². The molecule has 0 unspecified atom stereocenters. The van der Waals surface area contributed by atoms with Crippen LogP contribution in [0.25, 0.3) is 10.9 Å². The molecular formula is C12H11NO3. The van der Waals surface area contributed by atoms with E-state index in [0.29, 0.717) is 11.1 Å². The molecule has 0 aliphatic heterocycles. The highest BCUT2D eigenvalue weighted by atomic mass is 16.5. The molecule has 16 heavy (non-hydrogen) atoms. The smallest absolute Gasteiger partial charge is 0.337 e. The first-order valence-corrected chi connectivity index (χ1v) is 4.84. The number of pyridine rings is 1. The van der Waals surface area contributed by atoms with Gasteiger partial charge in [-0.1, -0.05) is 6.07 Å². The fourth-order valence-corrected chi connectivity index (χ4v) is 1.68. The lowest BCUT2D eigenvalue weighted by Gasteiger charge is -2.03. The van der Waals surface area contributed by atoms with Gasteiger partial charge in [-0.2, -0.15) is 0 Å². The average molecular weight is 217 g/mol. The molecule has 1 N–H and O–H groups in total. The maximum atomic E-state index is 11.3. The Labute approximate surface area is 91.9 Å². The number of aromatic amines is 1. The third-order valence-corrected chi connectivity index (χ3v) is 2.47. The highest BCUT2D eigenvalue weighted by Gasteiger charge is 2.07. The minimum absolute atomic E-state index is 0.174. The molecule has 0 radical (unpaired) electrons. The van der Waals surface area contributed by atoms with E-state index in [9.17, 15) is 9.59 Å². The van der Waals surface area contributed by atoms with Gasteiger partial charge in [-0.05, 0) is 24.6 Å². The number of ether oxygens (including phenoxy) is 1. The van der Waals surface area contributed by atoms with Gasteiger partial charge in [0.05, 0.1) is 12.7 Å². The van der Waals surface area contributed by atoms with Crippen LogP contribution >= 0.6 is 0 Å². The number of fused-ring (bicyclic) bond motifs is 1. The number of benzene rings is 1. The molecule has 0 saturated carbocycles. The monoisotopic (exact) mass is 217 g/mol. The summed E-state index contributed by atoms with van der Waals surface area (Å²) in [5.74, 6) is -0.413. The molecular weight excluding hydrogens is 206 g/mol. The molecule has 2 rings (SSSR count). The van der Waals surface area contributed by atoms with Crippen LogP contribution in [-0.2, 0) is 4.74 Å². The second-order valence-electron chi connectivity index (χ2n) is 3.57. The van der Waals surface area contributed by atoms with Gasteiger partial charge in [0.25, 0.3) is 0 Å². The van der Waals surface area contributed by atoms with Gasteiger partial charge >= 0.3 is 5.97 Å². The lowest BCUT2D eigenvalue weighted by Crippen LogP contribution is -2.06. The number of hydrogen-bond acceptors (Lipinski definition) is 3. The molecule has 0 saturated heterocycles. The average Bonchev–Trinajstić information content (AvgIpc) is 2.27. The normalized spacial score (nSPS) is 10.4. The fraction of sp³-hybridized carbons (Fsp3) is 0.167. The SMILES string of the molecule is COC(=O)c1ccc2c(C)cc(=O)[nH]c2c1. The van der Waals surface area contributed by atoms with Crippen LogP contribution in [0.5, 0.6) is 0 Å². The van der Waals surface area contributed by atoms with Crippen molar-refractivity contribution in [2.45, 2.75) is 6.92 Å². The Bertz CT molecular complexity index is 613. The predicted octanol–water partition coefficient (Wildman–Crippen LogP) is 1.62. The van der Waals surface area contributed by atoms with Crippen LogP contribution in [-0.4, -0.2) is 18.1 Å². The maximum absolute atomic E-state index is 11.3. The largest absolute Gasteiger partial charge is 0.465 e. The summed E-state index contributed by atoms with van der Waals surface area (Å²) >= 11 is 0. The van der Waals surface area contributed by atoms with Crippen molar-refractivity contribution in [3.05, 3.63) is 45.7 Å². The van der Waals surface area contributed by atoms with Crippen molar-refractivity contribution in [3.8, 4) is 0 Å². The molecule has 0 spiro atoms. The van der Waals surface area contributed by atoms with E-state index in [4.69, 9.17) is 0 Å². The molecule has 4 nitrogen and oxygen atoms in total. The third-order valence-electron chi connectivity index (χ3n) is 2.47. The van der Waals surface area contributed by atoms with Crippen LogP contribution in [0.15, 0.2) is 29.1 Å². The van der Waals surface area contributed by atoms with Gasteiger partial charge in [0.15, 0.2) is 0 Å². The molecule has 82 valence electrons. The van der Waals surface area contributed by atoms with Gasteiger partial charge in [0.2, 0.25) is 5.56 Å². The Morgan fingerprint density at radius 1 is 1.31 bits per heavy atom. The zero-order valence-electron chi connectivity index (χ0n) is 9.03. The fourth-order valence-electron chi connectivity index (χ4n) is 1.68. The van der Waals surface area contributed by atoms with E-state index < -0.39 is 5.97 Å². The maximum Gasteiger partial charge on any atom is 0.337 e. The summed E-state index contributed by atoms with van der Waals surface area (Å²) in [5, 5.41) is 0.923. The number of methoxy groups -OCH3 is 1. The Balaban J connectivity index is 2.71. The van der Waals surface area contributed by atoms with Gasteiger partial charge in [0, 0.05) is 17.0 Å². The number of hydrogen-bond donors (Lipinski definition) is 1. The van der Waals surface area contributed by atoms with E-state index in [-0.39, 0.29) is 5.56 Å². The Kier molecular flexibility index (Phi) is 2.48. The summed E-state index contributed by atoms with van der Waals surface area (Å²) < 4.78 is 4.61. The lowest BCUT2D eigenvalue weighted by atomic mass is 10.1. The van der Waals surface area contributed by atoms with Crippen LogP contribution in [0.3, 0.4) is 0 Å². The first-order chi connectivity index (χ1) is 7.61. The number of nitrogens with one attached hydrogen (secondary N) is 1. The molecule has 0 fully saturated rings. The quantitative estimate of drug-likeness (QED) is 0.738. The van der Waals surface area contributed by atoms with E-state index >= 15 is 0 Å². The van der Waals surface area contributed by atoms with E-state index in [2.05, 4.69) is 9.72 Å².